The quantitative estimate of drug-likeness (QED) is 0.804. The molecule has 132 valence electrons. The minimum Gasteiger partial charge on any atom is -0.338 e. The first-order valence-corrected chi connectivity index (χ1v) is 10.1. The molecule has 1 N–H and O–H groups in total. The molecular formula is C17H19BrN4O2S. The molecule has 2 aliphatic rings. The van der Waals surface area contributed by atoms with Gasteiger partial charge in [0.2, 0.25) is 5.91 Å². The third kappa shape index (κ3) is 3.18. The fraction of sp³-hybridized carbons (Fsp3) is 0.471. The third-order valence-electron chi connectivity index (χ3n) is 4.84. The number of rotatable bonds is 2. The van der Waals surface area contributed by atoms with Crippen molar-refractivity contribution < 1.29 is 9.59 Å². The highest BCUT2D eigenvalue weighted by atomic mass is 79.9. The second-order valence-electron chi connectivity index (χ2n) is 6.38. The Labute approximate surface area is 158 Å². The molecule has 4 heterocycles. The second-order valence-corrected chi connectivity index (χ2v) is 8.31. The van der Waals surface area contributed by atoms with E-state index < -0.39 is 0 Å². The van der Waals surface area contributed by atoms with E-state index >= 15 is 0 Å². The average molecular weight is 423 g/mol. The SMILES string of the molecule is O=C([C@H]1CCCN1C(=O)c1cc2c(Br)cncc2s1)N1CCNCC1. The third-order valence-corrected chi connectivity index (χ3v) is 6.53. The van der Waals surface area contributed by atoms with Crippen molar-refractivity contribution >= 4 is 49.2 Å². The van der Waals surface area contributed by atoms with Crippen molar-refractivity contribution in [1.82, 2.24) is 20.1 Å². The van der Waals surface area contributed by atoms with E-state index in [9.17, 15) is 9.59 Å². The zero-order chi connectivity index (χ0) is 17.4. The van der Waals surface area contributed by atoms with Gasteiger partial charge in [-0.2, -0.15) is 0 Å². The number of carbonyl (C=O) groups is 2. The molecule has 0 spiro atoms. The number of nitrogens with one attached hydrogen (secondary N) is 1. The maximum absolute atomic E-state index is 13.0. The predicted octanol–water partition coefficient (Wildman–Crippen LogP) is 2.10. The summed E-state index contributed by atoms with van der Waals surface area (Å²) < 4.78 is 1.86. The van der Waals surface area contributed by atoms with Crippen molar-refractivity contribution in [1.29, 1.82) is 0 Å². The molecule has 8 heteroatoms. The Morgan fingerprint density at radius 3 is 2.80 bits per heavy atom. The van der Waals surface area contributed by atoms with E-state index in [4.69, 9.17) is 0 Å². The van der Waals surface area contributed by atoms with Crippen molar-refractivity contribution in [2.75, 3.05) is 32.7 Å². The predicted molar refractivity (Wildman–Crippen MR) is 101 cm³/mol. The topological polar surface area (TPSA) is 65.5 Å². The maximum Gasteiger partial charge on any atom is 0.264 e. The molecule has 2 fully saturated rings. The normalized spacial score (nSPS) is 21.1. The minimum atomic E-state index is -0.322. The van der Waals surface area contributed by atoms with Gasteiger partial charge in [-0.15, -0.1) is 11.3 Å². The van der Waals surface area contributed by atoms with Crippen LogP contribution in [0.25, 0.3) is 10.1 Å². The van der Waals surface area contributed by atoms with Crippen molar-refractivity contribution in [3.63, 3.8) is 0 Å². The average Bonchev–Trinajstić information content (AvgIpc) is 3.29. The van der Waals surface area contributed by atoms with E-state index in [0.717, 1.165) is 53.6 Å². The minimum absolute atomic E-state index is 0.0425. The molecule has 0 saturated carbocycles. The van der Waals surface area contributed by atoms with E-state index in [2.05, 4.69) is 26.2 Å². The lowest BCUT2D eigenvalue weighted by molar-refractivity contribution is -0.135. The number of amides is 2. The first kappa shape index (κ1) is 16.9. The second kappa shape index (κ2) is 7.01. The standard InChI is InChI=1S/C17H19BrN4O2S/c18-12-9-20-10-15-11(12)8-14(25-15)17(24)22-5-1-2-13(22)16(23)21-6-3-19-4-7-21/h8-10,13,19H,1-7H2/t13-/m1/s1. The largest absolute Gasteiger partial charge is 0.338 e. The summed E-state index contributed by atoms with van der Waals surface area (Å²) in [4.78, 5) is 34.4. The molecule has 0 aliphatic carbocycles. The number of likely N-dealkylation sites (tertiary alicyclic amines) is 1. The molecule has 0 radical (unpaired) electrons. The molecule has 0 unspecified atom stereocenters. The zero-order valence-corrected chi connectivity index (χ0v) is 16.1. The summed E-state index contributed by atoms with van der Waals surface area (Å²) in [5.41, 5.74) is 0. The molecular weight excluding hydrogens is 404 g/mol. The summed E-state index contributed by atoms with van der Waals surface area (Å²) in [5.74, 6) is 0.0513. The van der Waals surface area contributed by atoms with Crippen LogP contribution in [0.5, 0.6) is 0 Å². The number of thiophene rings is 1. The number of aromatic nitrogens is 1. The van der Waals surface area contributed by atoms with Gasteiger partial charge in [0.25, 0.3) is 5.91 Å². The number of fused-ring (bicyclic) bond motifs is 1. The number of hydrogen-bond donors (Lipinski definition) is 1. The summed E-state index contributed by atoms with van der Waals surface area (Å²) in [6.07, 6.45) is 5.14. The Morgan fingerprint density at radius 2 is 2.04 bits per heavy atom. The Kier molecular flexibility index (Phi) is 4.75. The lowest BCUT2D eigenvalue weighted by Gasteiger charge is -2.32. The highest BCUT2D eigenvalue weighted by molar-refractivity contribution is 9.10. The Morgan fingerprint density at radius 1 is 1.24 bits per heavy atom. The van der Waals surface area contributed by atoms with Crippen molar-refractivity contribution in [2.45, 2.75) is 18.9 Å². The zero-order valence-electron chi connectivity index (χ0n) is 13.7. The molecule has 0 bridgehead atoms. The van der Waals surface area contributed by atoms with Crippen LogP contribution >= 0.6 is 27.3 Å². The van der Waals surface area contributed by atoms with Crippen LogP contribution in [0.2, 0.25) is 0 Å². The summed E-state index contributed by atoms with van der Waals surface area (Å²) in [7, 11) is 0. The Hall–Kier alpha value is -1.51. The highest BCUT2D eigenvalue weighted by Crippen LogP contribution is 2.32. The van der Waals surface area contributed by atoms with Crippen LogP contribution in [0.1, 0.15) is 22.5 Å². The maximum atomic E-state index is 13.0. The van der Waals surface area contributed by atoms with E-state index in [1.54, 1.807) is 17.3 Å². The smallest absolute Gasteiger partial charge is 0.264 e. The number of carbonyl (C=O) groups excluding carboxylic acids is 2. The highest BCUT2D eigenvalue weighted by Gasteiger charge is 2.37. The molecule has 2 aromatic heterocycles. The Balaban J connectivity index is 1.57. The van der Waals surface area contributed by atoms with Crippen LogP contribution in [0.3, 0.4) is 0 Å². The lowest BCUT2D eigenvalue weighted by Crippen LogP contribution is -2.53. The first-order chi connectivity index (χ1) is 12.1. The number of pyridine rings is 1. The van der Waals surface area contributed by atoms with Crippen LogP contribution in [-0.2, 0) is 4.79 Å². The fourth-order valence-corrected chi connectivity index (χ4v) is 5.13. The lowest BCUT2D eigenvalue weighted by atomic mass is 10.1. The van der Waals surface area contributed by atoms with Crippen LogP contribution < -0.4 is 5.32 Å². The van der Waals surface area contributed by atoms with Crippen molar-refractivity contribution in [3.8, 4) is 0 Å². The monoisotopic (exact) mass is 422 g/mol. The van der Waals surface area contributed by atoms with Crippen molar-refractivity contribution in [2.24, 2.45) is 0 Å². The molecule has 6 nitrogen and oxygen atoms in total. The van der Waals surface area contributed by atoms with Gasteiger partial charge in [-0.05, 0) is 34.8 Å². The molecule has 2 aliphatic heterocycles. The van der Waals surface area contributed by atoms with Gasteiger partial charge in [0.05, 0.1) is 9.58 Å². The number of halogens is 1. The van der Waals surface area contributed by atoms with E-state index in [-0.39, 0.29) is 17.9 Å². The van der Waals surface area contributed by atoms with Crippen LogP contribution in [0, 0.1) is 0 Å². The molecule has 4 rings (SSSR count). The fourth-order valence-electron chi connectivity index (χ4n) is 3.54. The van der Waals surface area contributed by atoms with Gasteiger partial charge >= 0.3 is 0 Å². The van der Waals surface area contributed by atoms with Crippen molar-refractivity contribution in [3.05, 3.63) is 27.8 Å². The molecule has 1 atom stereocenters. The van der Waals surface area contributed by atoms with Crippen LogP contribution in [-0.4, -0.2) is 65.4 Å². The number of nitrogens with zero attached hydrogens (tertiary/aromatic N) is 3. The van der Waals surface area contributed by atoms with E-state index in [1.807, 2.05) is 11.0 Å². The summed E-state index contributed by atoms with van der Waals surface area (Å²) in [6.45, 7) is 3.74. The first-order valence-electron chi connectivity index (χ1n) is 8.48. The van der Waals surface area contributed by atoms with Gasteiger partial charge in [0.1, 0.15) is 6.04 Å². The molecule has 2 aromatic rings. The van der Waals surface area contributed by atoms with E-state index in [1.165, 1.54) is 11.3 Å². The van der Waals surface area contributed by atoms with Gasteiger partial charge in [-0.25, -0.2) is 0 Å². The summed E-state index contributed by atoms with van der Waals surface area (Å²) >= 11 is 4.92. The number of piperazine rings is 1. The van der Waals surface area contributed by atoms with Gasteiger partial charge in [-0.1, -0.05) is 0 Å². The van der Waals surface area contributed by atoms with Gasteiger partial charge in [-0.3, -0.25) is 14.6 Å². The van der Waals surface area contributed by atoms with Gasteiger partial charge in [0.15, 0.2) is 0 Å². The van der Waals surface area contributed by atoms with Gasteiger partial charge in [0, 0.05) is 55.0 Å². The molecule has 2 amide bonds. The summed E-state index contributed by atoms with van der Waals surface area (Å²) in [5, 5.41) is 4.25. The van der Waals surface area contributed by atoms with Crippen LogP contribution in [0.15, 0.2) is 22.9 Å². The summed E-state index contributed by atoms with van der Waals surface area (Å²) in [6, 6.07) is 1.58. The molecule has 2 saturated heterocycles. The van der Waals surface area contributed by atoms with E-state index in [0.29, 0.717) is 11.4 Å². The van der Waals surface area contributed by atoms with Crippen LogP contribution in [0.4, 0.5) is 0 Å². The number of hydrogen-bond acceptors (Lipinski definition) is 5. The van der Waals surface area contributed by atoms with Gasteiger partial charge < -0.3 is 15.1 Å². The Bertz CT molecular complexity index is 818. The molecule has 25 heavy (non-hydrogen) atoms. The molecule has 0 aromatic carbocycles.